The summed E-state index contributed by atoms with van der Waals surface area (Å²) in [6.45, 7) is 0. The minimum Gasteiger partial charge on any atom is -0.378 e. The van der Waals surface area contributed by atoms with Crippen LogP contribution in [0, 0.1) is 0 Å². The average molecular weight is 333 g/mol. The van der Waals surface area contributed by atoms with E-state index in [0.29, 0.717) is 5.69 Å². The SMILES string of the molecule is CN(C)c1ccc(C(F)(F)F)c(-c2cccc(C(F)(F)F)c2)c1. The van der Waals surface area contributed by atoms with Crippen molar-refractivity contribution in [3.63, 3.8) is 0 Å². The highest BCUT2D eigenvalue weighted by Gasteiger charge is 2.35. The molecule has 0 aliphatic carbocycles. The van der Waals surface area contributed by atoms with Crippen molar-refractivity contribution in [1.82, 2.24) is 0 Å². The molecule has 0 unspecified atom stereocenters. The molecule has 0 bridgehead atoms. The average Bonchev–Trinajstić information content (AvgIpc) is 2.45. The van der Waals surface area contributed by atoms with E-state index in [1.807, 2.05) is 0 Å². The molecule has 2 aromatic rings. The molecule has 0 aliphatic heterocycles. The summed E-state index contributed by atoms with van der Waals surface area (Å²) in [5.74, 6) is 0. The molecule has 0 atom stereocenters. The first-order valence-electron chi connectivity index (χ1n) is 6.56. The van der Waals surface area contributed by atoms with Gasteiger partial charge >= 0.3 is 12.4 Å². The number of nitrogens with zero attached hydrogens (tertiary/aromatic N) is 1. The Balaban J connectivity index is 2.68. The molecule has 0 saturated carbocycles. The van der Waals surface area contributed by atoms with E-state index in [-0.39, 0.29) is 11.1 Å². The lowest BCUT2D eigenvalue weighted by molar-refractivity contribution is -0.137. The summed E-state index contributed by atoms with van der Waals surface area (Å²) < 4.78 is 77.9. The molecule has 0 aliphatic rings. The van der Waals surface area contributed by atoms with Crippen molar-refractivity contribution in [3.8, 4) is 11.1 Å². The van der Waals surface area contributed by atoms with Gasteiger partial charge in [0.2, 0.25) is 0 Å². The van der Waals surface area contributed by atoms with Crippen molar-refractivity contribution in [2.75, 3.05) is 19.0 Å². The number of benzene rings is 2. The van der Waals surface area contributed by atoms with Crippen LogP contribution in [0.3, 0.4) is 0 Å². The smallest absolute Gasteiger partial charge is 0.378 e. The highest BCUT2D eigenvalue weighted by Crippen LogP contribution is 2.40. The van der Waals surface area contributed by atoms with E-state index in [0.717, 1.165) is 24.3 Å². The Morgan fingerprint density at radius 3 is 1.96 bits per heavy atom. The van der Waals surface area contributed by atoms with Gasteiger partial charge in [0.1, 0.15) is 0 Å². The van der Waals surface area contributed by atoms with E-state index in [2.05, 4.69) is 0 Å². The molecular weight excluding hydrogens is 320 g/mol. The van der Waals surface area contributed by atoms with E-state index in [4.69, 9.17) is 0 Å². The van der Waals surface area contributed by atoms with Gasteiger partial charge in [0.15, 0.2) is 0 Å². The Hall–Kier alpha value is -2.18. The lowest BCUT2D eigenvalue weighted by atomic mass is 9.96. The van der Waals surface area contributed by atoms with Crippen LogP contribution in [-0.4, -0.2) is 14.1 Å². The summed E-state index contributed by atoms with van der Waals surface area (Å²) in [6.07, 6.45) is -9.28. The predicted octanol–water partition coefficient (Wildman–Crippen LogP) is 5.46. The summed E-state index contributed by atoms with van der Waals surface area (Å²) in [5, 5.41) is 0. The fourth-order valence-electron chi connectivity index (χ4n) is 2.16. The number of alkyl halides is 6. The molecule has 0 radical (unpaired) electrons. The lowest BCUT2D eigenvalue weighted by Gasteiger charge is -2.19. The second-order valence-corrected chi connectivity index (χ2v) is 5.20. The van der Waals surface area contributed by atoms with Crippen LogP contribution in [0.15, 0.2) is 42.5 Å². The summed E-state index contributed by atoms with van der Waals surface area (Å²) in [6, 6.07) is 7.28. The Morgan fingerprint density at radius 1 is 0.783 bits per heavy atom. The first kappa shape index (κ1) is 17.2. The second kappa shape index (κ2) is 5.79. The van der Waals surface area contributed by atoms with Crippen molar-refractivity contribution >= 4 is 5.69 Å². The summed E-state index contributed by atoms with van der Waals surface area (Å²) in [5.41, 5.74) is -1.91. The number of anilines is 1. The summed E-state index contributed by atoms with van der Waals surface area (Å²) in [7, 11) is 3.27. The Labute approximate surface area is 129 Å². The molecule has 23 heavy (non-hydrogen) atoms. The molecule has 0 N–H and O–H groups in total. The van der Waals surface area contributed by atoms with Gasteiger partial charge in [-0.1, -0.05) is 12.1 Å². The maximum atomic E-state index is 13.2. The van der Waals surface area contributed by atoms with Gasteiger partial charge < -0.3 is 4.90 Å². The van der Waals surface area contributed by atoms with Crippen LogP contribution in [0.25, 0.3) is 11.1 Å². The third-order valence-corrected chi connectivity index (χ3v) is 3.33. The maximum absolute atomic E-state index is 13.2. The fraction of sp³-hybridized carbons (Fsp3) is 0.250. The van der Waals surface area contributed by atoms with Gasteiger partial charge in [0.25, 0.3) is 0 Å². The Bertz CT molecular complexity index is 700. The third kappa shape index (κ3) is 3.78. The first-order valence-corrected chi connectivity index (χ1v) is 6.56. The number of hydrogen-bond acceptors (Lipinski definition) is 1. The molecular formula is C16H13F6N. The molecule has 0 saturated heterocycles. The zero-order chi connectivity index (χ0) is 17.4. The molecule has 2 rings (SSSR count). The Morgan fingerprint density at radius 2 is 1.43 bits per heavy atom. The topological polar surface area (TPSA) is 3.24 Å². The largest absolute Gasteiger partial charge is 0.417 e. The highest BCUT2D eigenvalue weighted by atomic mass is 19.4. The molecule has 1 nitrogen and oxygen atoms in total. The zero-order valence-electron chi connectivity index (χ0n) is 12.3. The van der Waals surface area contributed by atoms with Crippen molar-refractivity contribution in [2.45, 2.75) is 12.4 Å². The van der Waals surface area contributed by atoms with Gasteiger partial charge in [-0.25, -0.2) is 0 Å². The molecule has 0 fully saturated rings. The van der Waals surface area contributed by atoms with Gasteiger partial charge in [-0.15, -0.1) is 0 Å². The van der Waals surface area contributed by atoms with E-state index < -0.39 is 23.5 Å². The monoisotopic (exact) mass is 333 g/mol. The molecule has 0 heterocycles. The van der Waals surface area contributed by atoms with Crippen LogP contribution in [0.5, 0.6) is 0 Å². The van der Waals surface area contributed by atoms with Crippen LogP contribution in [0.4, 0.5) is 32.0 Å². The Kier molecular flexibility index (Phi) is 4.32. The van der Waals surface area contributed by atoms with E-state index >= 15 is 0 Å². The maximum Gasteiger partial charge on any atom is 0.417 e. The third-order valence-electron chi connectivity index (χ3n) is 3.33. The zero-order valence-corrected chi connectivity index (χ0v) is 12.3. The number of halogens is 6. The van der Waals surface area contributed by atoms with Crippen LogP contribution in [0.1, 0.15) is 11.1 Å². The molecule has 7 heteroatoms. The lowest BCUT2D eigenvalue weighted by Crippen LogP contribution is -2.12. The molecule has 0 spiro atoms. The summed E-state index contributed by atoms with van der Waals surface area (Å²) >= 11 is 0. The minimum absolute atomic E-state index is 0.129. The van der Waals surface area contributed by atoms with E-state index in [1.165, 1.54) is 18.2 Å². The number of hydrogen-bond donors (Lipinski definition) is 0. The molecule has 0 aromatic heterocycles. The predicted molar refractivity (Wildman–Crippen MR) is 76.2 cm³/mol. The van der Waals surface area contributed by atoms with Gasteiger partial charge in [-0.3, -0.25) is 0 Å². The van der Waals surface area contributed by atoms with Gasteiger partial charge in [-0.05, 0) is 41.5 Å². The minimum atomic E-state index is -4.66. The van der Waals surface area contributed by atoms with Crippen LogP contribution < -0.4 is 4.90 Å². The van der Waals surface area contributed by atoms with Crippen molar-refractivity contribution < 1.29 is 26.3 Å². The van der Waals surface area contributed by atoms with Crippen molar-refractivity contribution in [2.24, 2.45) is 0 Å². The summed E-state index contributed by atoms with van der Waals surface area (Å²) in [4.78, 5) is 1.58. The van der Waals surface area contributed by atoms with Crippen molar-refractivity contribution in [3.05, 3.63) is 53.6 Å². The second-order valence-electron chi connectivity index (χ2n) is 5.20. The molecule has 124 valence electrons. The van der Waals surface area contributed by atoms with Crippen LogP contribution in [-0.2, 0) is 12.4 Å². The molecule has 2 aromatic carbocycles. The van der Waals surface area contributed by atoms with Crippen LogP contribution >= 0.6 is 0 Å². The van der Waals surface area contributed by atoms with Gasteiger partial charge in [-0.2, -0.15) is 26.3 Å². The van der Waals surface area contributed by atoms with Gasteiger partial charge in [0, 0.05) is 19.8 Å². The van der Waals surface area contributed by atoms with Gasteiger partial charge in [0.05, 0.1) is 11.1 Å². The highest BCUT2D eigenvalue weighted by molar-refractivity contribution is 5.73. The number of rotatable bonds is 2. The normalized spacial score (nSPS) is 12.3. The standard InChI is InChI=1S/C16H13F6N/c1-23(2)12-6-7-14(16(20,21)22)13(9-12)10-4-3-5-11(8-10)15(17,18)19/h3-9H,1-2H3. The van der Waals surface area contributed by atoms with Crippen LogP contribution in [0.2, 0.25) is 0 Å². The molecule has 0 amide bonds. The van der Waals surface area contributed by atoms with Crippen molar-refractivity contribution in [1.29, 1.82) is 0 Å². The quantitative estimate of drug-likeness (QED) is 0.660. The van der Waals surface area contributed by atoms with E-state index in [1.54, 1.807) is 19.0 Å². The van der Waals surface area contributed by atoms with E-state index in [9.17, 15) is 26.3 Å². The fourth-order valence-corrected chi connectivity index (χ4v) is 2.16. The first-order chi connectivity index (χ1) is 10.5.